The minimum Gasteiger partial charge on any atom is -0.462 e. The van der Waals surface area contributed by atoms with E-state index in [1.54, 1.807) is 12.2 Å². The minimum absolute atomic E-state index is 0.0212. The summed E-state index contributed by atoms with van der Waals surface area (Å²) in [5, 5.41) is 66.8. The number of carbonyl (C=O) groups is 3. The number of allylic oxidation sites excluding steroid dienone is 9. The highest BCUT2D eigenvalue weighted by Gasteiger charge is 2.47. The van der Waals surface area contributed by atoms with Crippen molar-refractivity contribution in [1.82, 2.24) is 0 Å². The zero-order chi connectivity index (χ0) is 46.5. The molecule has 1 aliphatic carbocycles. The Morgan fingerprint density at radius 1 is 0.841 bits per heavy atom. The average Bonchev–Trinajstić information content (AvgIpc) is 3.26. The predicted molar refractivity (Wildman–Crippen MR) is 239 cm³/mol. The van der Waals surface area contributed by atoms with E-state index in [4.69, 9.17) is 18.5 Å². The highest BCUT2D eigenvalue weighted by atomic mass is 31.2. The van der Waals surface area contributed by atoms with Crippen LogP contribution >= 0.6 is 7.82 Å². The molecule has 0 aromatic rings. The van der Waals surface area contributed by atoms with E-state index in [0.717, 1.165) is 51.0 Å². The van der Waals surface area contributed by atoms with Crippen molar-refractivity contribution in [3.05, 3.63) is 72.9 Å². The van der Waals surface area contributed by atoms with E-state index in [0.29, 0.717) is 32.1 Å². The Labute approximate surface area is 373 Å². The third-order valence-corrected chi connectivity index (χ3v) is 11.7. The van der Waals surface area contributed by atoms with Crippen molar-refractivity contribution in [3.63, 3.8) is 0 Å². The molecule has 0 aromatic heterocycles. The minimum atomic E-state index is -5.42. The lowest BCUT2D eigenvalue weighted by molar-refractivity contribution is -0.164. The zero-order valence-electron chi connectivity index (χ0n) is 37.2. The van der Waals surface area contributed by atoms with Gasteiger partial charge < -0.3 is 45.0 Å². The quantitative estimate of drug-likeness (QED) is 0.0288. The number of rotatable bonds is 21. The summed E-state index contributed by atoms with van der Waals surface area (Å²) in [5.74, 6) is -4.69. The van der Waals surface area contributed by atoms with Gasteiger partial charge in [0.1, 0.15) is 31.0 Å². The second-order valence-electron chi connectivity index (χ2n) is 16.2. The molecule has 2 rings (SSSR count). The predicted octanol–water partition coefficient (Wildman–Crippen LogP) is 6.34. The van der Waals surface area contributed by atoms with Gasteiger partial charge in [-0.2, -0.15) is 0 Å². The lowest BCUT2D eigenvalue weighted by atomic mass is 9.87. The summed E-state index contributed by atoms with van der Waals surface area (Å²) >= 11 is 0. The number of ketones is 1. The molecule has 0 saturated carbocycles. The number of phosphoric acid groups is 1. The van der Waals surface area contributed by atoms with Crippen LogP contribution in [0.5, 0.6) is 0 Å². The van der Waals surface area contributed by atoms with Gasteiger partial charge in [0.15, 0.2) is 11.9 Å². The SMILES string of the molecule is CCCCC/C=C\C/C=C\C/C=C\CCCCC(=O)OC[C@@H]1COP(=O)(O)O[C@H]2[C@H](O)[C@@H](O)[C@H](O)[C@H](/C=C\C(=O)[C@H](/C=C/[C@@H](O)CCCCC)[C@@H](O)[C@H]2O)C/C=C\CCCC(=O)O1. The van der Waals surface area contributed by atoms with E-state index in [2.05, 4.69) is 37.3 Å². The molecule has 7 N–H and O–H groups in total. The van der Waals surface area contributed by atoms with Crippen LogP contribution in [0.15, 0.2) is 72.9 Å². The standard InChI is InChI=1S/C47H75O15P/c1-3-5-7-8-9-10-11-12-13-14-15-16-17-18-23-27-40(50)59-33-37-34-60-63(57,58)62-47-45(55)43(53)38(31-30-36(48)26-21-6-4-2)39(49)32-29-35(42(52)44(54)46(47)56)25-22-19-20-24-28-41(51)61-37/h9-10,12-13,15-16,19,22,29-32,35-38,42-48,52-56H,3-8,11,14,17-18,20-21,23-28,33-34H2,1-2H3,(H,57,58)/b10-9-,13-12-,16-15-,22-19-,31-30+,32-29-/t35-,36-,37+,38-,42+,43+,44-,45+,46+,47+/m0/s1. The smallest absolute Gasteiger partial charge is 0.462 e. The number of hydrogen-bond donors (Lipinski definition) is 7. The van der Waals surface area contributed by atoms with Crippen LogP contribution in [0.4, 0.5) is 0 Å². The third-order valence-electron chi connectivity index (χ3n) is 10.8. The molecule has 0 amide bonds. The van der Waals surface area contributed by atoms with Crippen LogP contribution in [0.1, 0.15) is 129 Å². The molecule has 1 unspecified atom stereocenters. The van der Waals surface area contributed by atoms with Crippen molar-refractivity contribution < 1.29 is 73.0 Å². The summed E-state index contributed by atoms with van der Waals surface area (Å²) < 4.78 is 34.5. The molecule has 0 fully saturated rings. The first-order valence-electron chi connectivity index (χ1n) is 22.8. The number of ether oxygens (including phenoxy) is 2. The lowest BCUT2D eigenvalue weighted by Crippen LogP contribution is -2.55. The van der Waals surface area contributed by atoms with E-state index in [-0.39, 0.29) is 19.3 Å². The summed E-state index contributed by atoms with van der Waals surface area (Å²) in [6, 6.07) is 0. The van der Waals surface area contributed by atoms with Gasteiger partial charge in [-0.3, -0.25) is 23.4 Å². The Bertz CT molecular complexity index is 1540. The third kappa shape index (κ3) is 23.6. The van der Waals surface area contributed by atoms with Gasteiger partial charge >= 0.3 is 19.8 Å². The van der Waals surface area contributed by atoms with Crippen molar-refractivity contribution in [2.24, 2.45) is 11.8 Å². The highest BCUT2D eigenvalue weighted by Crippen LogP contribution is 2.47. The van der Waals surface area contributed by atoms with Crippen molar-refractivity contribution in [2.45, 2.75) is 178 Å². The Hall–Kier alpha value is -3.08. The number of esters is 2. The van der Waals surface area contributed by atoms with Crippen LogP contribution in [0, 0.1) is 11.8 Å². The average molecular weight is 911 g/mol. The summed E-state index contributed by atoms with van der Waals surface area (Å²) in [5.41, 5.74) is 0. The van der Waals surface area contributed by atoms with Crippen LogP contribution in [-0.2, 0) is 37.5 Å². The lowest BCUT2D eigenvalue weighted by Gasteiger charge is -2.36. The van der Waals surface area contributed by atoms with E-state index in [1.807, 2.05) is 13.0 Å². The number of fused-ring (bicyclic) bond motifs is 4. The fourth-order valence-electron chi connectivity index (χ4n) is 6.91. The Kier molecular flexibility index (Phi) is 29.0. The number of aliphatic hydroxyl groups excluding tert-OH is 6. The molecule has 0 spiro atoms. The van der Waals surface area contributed by atoms with Gasteiger partial charge in [-0.25, -0.2) is 4.57 Å². The van der Waals surface area contributed by atoms with Gasteiger partial charge in [-0.1, -0.05) is 113 Å². The Morgan fingerprint density at radius 2 is 1.48 bits per heavy atom. The van der Waals surface area contributed by atoms with Gasteiger partial charge in [0.2, 0.25) is 0 Å². The Balaban J connectivity index is 2.17. The number of carbonyl (C=O) groups excluding carboxylic acids is 3. The molecule has 16 heteroatoms. The first-order chi connectivity index (χ1) is 30.2. The number of aliphatic hydroxyl groups is 6. The van der Waals surface area contributed by atoms with Crippen LogP contribution < -0.4 is 0 Å². The molecule has 0 saturated heterocycles. The van der Waals surface area contributed by atoms with Crippen LogP contribution in [0.2, 0.25) is 0 Å². The summed E-state index contributed by atoms with van der Waals surface area (Å²) in [6.07, 6.45) is 17.3. The molecule has 11 atom stereocenters. The normalized spacial score (nSPS) is 31.3. The summed E-state index contributed by atoms with van der Waals surface area (Å²) in [4.78, 5) is 49.8. The van der Waals surface area contributed by atoms with Gasteiger partial charge in [-0.05, 0) is 76.7 Å². The van der Waals surface area contributed by atoms with Gasteiger partial charge in [0.05, 0.1) is 30.8 Å². The molecule has 2 bridgehead atoms. The molecule has 1 aliphatic heterocycles. The van der Waals surface area contributed by atoms with Crippen LogP contribution in [0.3, 0.4) is 0 Å². The molecule has 1 heterocycles. The molecule has 15 nitrogen and oxygen atoms in total. The van der Waals surface area contributed by atoms with E-state index >= 15 is 0 Å². The maximum atomic E-state index is 13.5. The van der Waals surface area contributed by atoms with Crippen molar-refractivity contribution in [1.29, 1.82) is 0 Å². The molecule has 2 aliphatic rings. The Morgan fingerprint density at radius 3 is 2.16 bits per heavy atom. The largest absolute Gasteiger partial charge is 0.472 e. The first-order valence-corrected chi connectivity index (χ1v) is 24.3. The molecule has 358 valence electrons. The van der Waals surface area contributed by atoms with Crippen molar-refractivity contribution >= 4 is 25.5 Å². The fraction of sp³-hybridized carbons (Fsp3) is 0.681. The summed E-state index contributed by atoms with van der Waals surface area (Å²) in [7, 11) is -5.42. The zero-order valence-corrected chi connectivity index (χ0v) is 38.1. The van der Waals surface area contributed by atoms with Crippen molar-refractivity contribution in [3.8, 4) is 0 Å². The number of hydrogen-bond acceptors (Lipinski definition) is 14. The second-order valence-corrected chi connectivity index (χ2v) is 17.6. The second kappa shape index (κ2) is 32.6. The molecule has 0 aromatic carbocycles. The van der Waals surface area contributed by atoms with Crippen LogP contribution in [-0.4, -0.2) is 115 Å². The number of phosphoric ester groups is 1. The number of cyclic esters (lactones) is 1. The molecular weight excluding hydrogens is 835 g/mol. The topological polar surface area (TPSA) is 247 Å². The van der Waals surface area contributed by atoms with E-state index in [1.165, 1.54) is 37.5 Å². The van der Waals surface area contributed by atoms with Crippen molar-refractivity contribution in [2.75, 3.05) is 13.2 Å². The van der Waals surface area contributed by atoms with E-state index < -0.39 is 99.4 Å². The fourth-order valence-corrected chi connectivity index (χ4v) is 7.88. The first kappa shape index (κ1) is 56.1. The van der Waals surface area contributed by atoms with E-state index in [9.17, 15) is 54.5 Å². The number of unbranched alkanes of at least 4 members (excludes halogenated alkanes) is 7. The molecule has 0 radical (unpaired) electrons. The maximum absolute atomic E-state index is 13.5. The van der Waals surface area contributed by atoms with Gasteiger partial charge in [-0.15, -0.1) is 0 Å². The van der Waals surface area contributed by atoms with Crippen LogP contribution in [0.25, 0.3) is 0 Å². The van der Waals surface area contributed by atoms with Gasteiger partial charge in [0, 0.05) is 18.8 Å². The maximum Gasteiger partial charge on any atom is 0.472 e. The summed E-state index contributed by atoms with van der Waals surface area (Å²) in [6.45, 7) is 2.78. The monoisotopic (exact) mass is 910 g/mol. The van der Waals surface area contributed by atoms with Gasteiger partial charge in [0.25, 0.3) is 0 Å². The highest BCUT2D eigenvalue weighted by molar-refractivity contribution is 7.47. The molecular formula is C47H75O15P. The molecule has 63 heavy (non-hydrogen) atoms.